The Morgan fingerprint density at radius 2 is 1.62 bits per heavy atom. The molecular formula is C37H60N6O7. The van der Waals surface area contributed by atoms with Crippen LogP contribution in [-0.4, -0.2) is 93.9 Å². The SMILES string of the molecule is CCCN(NC(=O)[C@@H]1[C@@H]2[C@H](CN1C(=O)[C@@H](NC(=O)N[C@H](CN1C(=O)C3CC4CCC43C1=O)C(C)(C)C)C(C)(C)C)C2(C)C)C(=O)OC(C)(C)C. The van der Waals surface area contributed by atoms with Crippen LogP contribution in [0.2, 0.25) is 0 Å². The van der Waals surface area contributed by atoms with Gasteiger partial charge in [0, 0.05) is 19.6 Å². The number of piperidine rings is 1. The van der Waals surface area contributed by atoms with Gasteiger partial charge in [-0.2, -0.15) is 0 Å². The largest absolute Gasteiger partial charge is 0.442 e. The van der Waals surface area contributed by atoms with Crippen LogP contribution in [0, 0.1) is 45.3 Å². The molecular weight excluding hydrogens is 640 g/mol. The number of amides is 7. The molecule has 5 rings (SSSR count). The zero-order chi connectivity index (χ0) is 37.5. The second-order valence-electron chi connectivity index (χ2n) is 19.2. The fourth-order valence-electron chi connectivity index (χ4n) is 8.85. The van der Waals surface area contributed by atoms with E-state index in [1.165, 1.54) is 9.91 Å². The normalized spacial score (nSPS) is 30.5. The molecule has 0 aromatic heterocycles. The highest BCUT2D eigenvalue weighted by molar-refractivity contribution is 6.09. The fourth-order valence-corrected chi connectivity index (χ4v) is 8.85. The Morgan fingerprint density at radius 1 is 0.980 bits per heavy atom. The van der Waals surface area contributed by atoms with Crippen molar-refractivity contribution in [2.24, 2.45) is 45.3 Å². The van der Waals surface area contributed by atoms with Gasteiger partial charge in [-0.1, -0.05) is 62.3 Å². The number of hydrazine groups is 1. The Hall–Kier alpha value is -3.38. The number of carbonyl (C=O) groups is 6. The summed E-state index contributed by atoms with van der Waals surface area (Å²) in [5.74, 6) is -1.10. The summed E-state index contributed by atoms with van der Waals surface area (Å²) in [6.07, 6.45) is 2.39. The van der Waals surface area contributed by atoms with Gasteiger partial charge in [-0.15, -0.1) is 0 Å². The maximum absolute atomic E-state index is 14.5. The molecule has 280 valence electrons. The average molecular weight is 701 g/mol. The standard InChI is InChI=1S/C37H60N6O7/c1-13-16-43(32(49)50-35(8,9)10)40-27(44)25-24-22(36(24,11)12)18-41(25)29(46)26(34(5,6)7)39-31(48)38-23(33(2,3)4)19-42-28(45)21-17-20-14-15-37(20,21)30(42)47/h20-26H,13-19H2,1-12H3,(H,40,44)(H2,38,39,48)/t20?,21?,22-,23+,24-,25-,26+,37?/m0/s1. The third-order valence-corrected chi connectivity index (χ3v) is 12.2. The van der Waals surface area contributed by atoms with Crippen molar-refractivity contribution in [2.45, 2.75) is 132 Å². The van der Waals surface area contributed by atoms with Gasteiger partial charge in [-0.3, -0.25) is 29.5 Å². The molecule has 2 saturated heterocycles. The van der Waals surface area contributed by atoms with Gasteiger partial charge in [-0.05, 0) is 80.5 Å². The number of carbonyl (C=O) groups excluding carboxylic acids is 6. The van der Waals surface area contributed by atoms with Crippen molar-refractivity contribution >= 4 is 35.8 Å². The molecule has 7 amide bonds. The van der Waals surface area contributed by atoms with E-state index >= 15 is 0 Å². The van der Waals surface area contributed by atoms with E-state index in [9.17, 15) is 28.8 Å². The Balaban J connectivity index is 1.31. The molecule has 3 saturated carbocycles. The van der Waals surface area contributed by atoms with Crippen LogP contribution in [-0.2, 0) is 23.9 Å². The van der Waals surface area contributed by atoms with Crippen LogP contribution in [0.1, 0.15) is 109 Å². The van der Waals surface area contributed by atoms with Crippen LogP contribution < -0.4 is 16.1 Å². The first-order valence-corrected chi connectivity index (χ1v) is 18.4. The molecule has 13 nitrogen and oxygen atoms in total. The van der Waals surface area contributed by atoms with E-state index in [4.69, 9.17) is 4.74 Å². The van der Waals surface area contributed by atoms with Crippen molar-refractivity contribution in [1.82, 2.24) is 30.9 Å². The van der Waals surface area contributed by atoms with Crippen molar-refractivity contribution < 1.29 is 33.5 Å². The highest BCUT2D eigenvalue weighted by Crippen LogP contribution is 2.68. The number of urea groups is 1. The number of ether oxygens (including phenoxy) is 1. The lowest BCUT2D eigenvalue weighted by molar-refractivity contribution is -0.166. The molecule has 50 heavy (non-hydrogen) atoms. The highest BCUT2D eigenvalue weighted by atomic mass is 16.6. The quantitative estimate of drug-likeness (QED) is 0.255. The van der Waals surface area contributed by atoms with Crippen molar-refractivity contribution in [3.05, 3.63) is 0 Å². The molecule has 2 heterocycles. The van der Waals surface area contributed by atoms with E-state index in [-0.39, 0.29) is 59.9 Å². The molecule has 5 fully saturated rings. The Bertz CT molecular complexity index is 1440. The fraction of sp³-hybridized carbons (Fsp3) is 0.838. The summed E-state index contributed by atoms with van der Waals surface area (Å²) in [4.78, 5) is 84.9. The van der Waals surface area contributed by atoms with Gasteiger partial charge in [0.05, 0.1) is 17.4 Å². The molecule has 8 atom stereocenters. The molecule has 0 radical (unpaired) electrons. The summed E-state index contributed by atoms with van der Waals surface area (Å²) in [5.41, 5.74) is 0.0367. The second-order valence-corrected chi connectivity index (χ2v) is 19.2. The number of hydrogen-bond donors (Lipinski definition) is 3. The summed E-state index contributed by atoms with van der Waals surface area (Å²) in [7, 11) is 0. The van der Waals surface area contributed by atoms with Crippen LogP contribution in [0.25, 0.3) is 0 Å². The van der Waals surface area contributed by atoms with Crippen LogP contribution in [0.4, 0.5) is 9.59 Å². The van der Waals surface area contributed by atoms with Gasteiger partial charge in [0.25, 0.3) is 5.91 Å². The molecule has 1 spiro atoms. The zero-order valence-corrected chi connectivity index (χ0v) is 32.2. The van der Waals surface area contributed by atoms with E-state index in [2.05, 4.69) is 29.9 Å². The third kappa shape index (κ3) is 6.46. The molecule has 3 aliphatic carbocycles. The first kappa shape index (κ1) is 37.9. The van der Waals surface area contributed by atoms with E-state index in [0.29, 0.717) is 13.0 Å². The minimum Gasteiger partial charge on any atom is -0.442 e. The predicted octanol–water partition coefficient (Wildman–Crippen LogP) is 4.06. The predicted molar refractivity (Wildman–Crippen MR) is 186 cm³/mol. The molecule has 0 aromatic rings. The van der Waals surface area contributed by atoms with E-state index in [1.807, 2.05) is 48.5 Å². The van der Waals surface area contributed by atoms with Gasteiger partial charge in [0.15, 0.2) is 0 Å². The minimum atomic E-state index is -1.00. The maximum atomic E-state index is 14.5. The number of likely N-dealkylation sites (tertiary alicyclic amines) is 2. The molecule has 3 unspecified atom stereocenters. The number of hydrogen-bond acceptors (Lipinski definition) is 7. The number of nitrogens with zero attached hydrogens (tertiary/aromatic N) is 3. The Labute approximate surface area is 297 Å². The number of nitrogens with one attached hydrogen (secondary N) is 3. The van der Waals surface area contributed by atoms with E-state index in [0.717, 1.165) is 19.3 Å². The smallest absolute Gasteiger partial charge is 0.429 e. The lowest BCUT2D eigenvalue weighted by Gasteiger charge is -2.57. The number of fused-ring (bicyclic) bond motifs is 1. The van der Waals surface area contributed by atoms with Crippen LogP contribution in [0.5, 0.6) is 0 Å². The second kappa shape index (κ2) is 12.4. The summed E-state index contributed by atoms with van der Waals surface area (Å²) in [5, 5.41) is 7.08. The van der Waals surface area contributed by atoms with Crippen molar-refractivity contribution in [1.29, 1.82) is 0 Å². The minimum absolute atomic E-state index is 0.0619. The first-order chi connectivity index (χ1) is 22.9. The summed E-state index contributed by atoms with van der Waals surface area (Å²) in [6.45, 7) is 23.3. The lowest BCUT2D eigenvalue weighted by atomic mass is 9.43. The van der Waals surface area contributed by atoms with Crippen LogP contribution in [0.15, 0.2) is 0 Å². The maximum Gasteiger partial charge on any atom is 0.429 e. The van der Waals surface area contributed by atoms with Crippen molar-refractivity contribution in [3.8, 4) is 0 Å². The molecule has 13 heteroatoms. The molecule has 0 aromatic carbocycles. The molecule has 3 N–H and O–H groups in total. The van der Waals surface area contributed by atoms with Gasteiger partial charge >= 0.3 is 12.1 Å². The Kier molecular flexibility index (Phi) is 9.38. The highest BCUT2D eigenvalue weighted by Gasteiger charge is 2.74. The molecule has 2 aliphatic heterocycles. The first-order valence-electron chi connectivity index (χ1n) is 18.4. The van der Waals surface area contributed by atoms with Crippen molar-refractivity contribution in [2.75, 3.05) is 19.6 Å². The summed E-state index contributed by atoms with van der Waals surface area (Å²) in [6, 6.07) is -3.02. The molecule has 0 bridgehead atoms. The third-order valence-electron chi connectivity index (χ3n) is 12.2. The van der Waals surface area contributed by atoms with Crippen LogP contribution >= 0.6 is 0 Å². The van der Waals surface area contributed by atoms with Gasteiger partial charge in [0.2, 0.25) is 17.7 Å². The van der Waals surface area contributed by atoms with Gasteiger partial charge in [0.1, 0.15) is 17.7 Å². The van der Waals surface area contributed by atoms with Gasteiger partial charge < -0.3 is 20.3 Å². The average Bonchev–Trinajstić information content (AvgIpc) is 3.24. The molecule has 5 aliphatic rings. The summed E-state index contributed by atoms with van der Waals surface area (Å²) < 4.78 is 5.53. The van der Waals surface area contributed by atoms with Gasteiger partial charge in [-0.25, -0.2) is 14.6 Å². The Morgan fingerprint density at radius 3 is 2.10 bits per heavy atom. The van der Waals surface area contributed by atoms with Crippen LogP contribution in [0.3, 0.4) is 0 Å². The number of rotatable bonds is 8. The summed E-state index contributed by atoms with van der Waals surface area (Å²) >= 11 is 0. The zero-order valence-electron chi connectivity index (χ0n) is 32.2. The monoisotopic (exact) mass is 700 g/mol. The van der Waals surface area contributed by atoms with E-state index in [1.54, 1.807) is 25.7 Å². The van der Waals surface area contributed by atoms with E-state index < -0.39 is 58.0 Å². The van der Waals surface area contributed by atoms with Crippen molar-refractivity contribution in [3.63, 3.8) is 0 Å². The number of imide groups is 1. The topological polar surface area (TPSA) is 157 Å². The lowest BCUT2D eigenvalue weighted by Crippen LogP contribution is -2.63.